The Bertz CT molecular complexity index is 1070. The van der Waals surface area contributed by atoms with Crippen molar-refractivity contribution in [3.63, 3.8) is 0 Å². The van der Waals surface area contributed by atoms with Gasteiger partial charge in [0.1, 0.15) is 22.9 Å². The predicted molar refractivity (Wildman–Crippen MR) is 146 cm³/mol. The van der Waals surface area contributed by atoms with E-state index in [4.69, 9.17) is 26.8 Å². The SMILES string of the molecule is CCOC(=O)c1ccc(F)cc1Oc1cc(C#CCCCCCCCCCC(C)(C)C)c(N)cc1Cl. The summed E-state index contributed by atoms with van der Waals surface area (Å²) in [6, 6.07) is 6.77. The zero-order valence-electron chi connectivity index (χ0n) is 22.0. The van der Waals surface area contributed by atoms with Gasteiger partial charge in [0.05, 0.1) is 17.2 Å². The molecule has 2 aromatic carbocycles. The maximum absolute atomic E-state index is 13.8. The molecule has 0 fully saturated rings. The molecule has 0 aliphatic rings. The number of esters is 1. The molecule has 6 heteroatoms. The highest BCUT2D eigenvalue weighted by atomic mass is 35.5. The first-order valence-electron chi connectivity index (χ1n) is 12.8. The van der Waals surface area contributed by atoms with E-state index in [0.717, 1.165) is 25.3 Å². The van der Waals surface area contributed by atoms with E-state index in [1.54, 1.807) is 19.1 Å². The molecule has 0 unspecified atom stereocenters. The molecule has 0 aliphatic heterocycles. The molecular weight excluding hydrogens is 477 g/mol. The Morgan fingerprint density at radius 3 is 2.33 bits per heavy atom. The first kappa shape index (κ1) is 29.5. The van der Waals surface area contributed by atoms with Crippen LogP contribution in [0.5, 0.6) is 11.5 Å². The monoisotopic (exact) mass is 515 g/mol. The Kier molecular flexibility index (Phi) is 12.1. The molecule has 36 heavy (non-hydrogen) atoms. The van der Waals surface area contributed by atoms with Gasteiger partial charge in [-0.2, -0.15) is 0 Å². The molecule has 4 nitrogen and oxygen atoms in total. The molecule has 196 valence electrons. The van der Waals surface area contributed by atoms with Gasteiger partial charge < -0.3 is 15.2 Å². The van der Waals surface area contributed by atoms with E-state index in [0.29, 0.717) is 16.7 Å². The highest BCUT2D eigenvalue weighted by Gasteiger charge is 2.17. The lowest BCUT2D eigenvalue weighted by molar-refractivity contribution is 0.0523. The van der Waals surface area contributed by atoms with Crippen molar-refractivity contribution < 1.29 is 18.7 Å². The molecule has 0 aliphatic carbocycles. The van der Waals surface area contributed by atoms with Crippen LogP contribution in [0.2, 0.25) is 5.02 Å². The van der Waals surface area contributed by atoms with Crippen molar-refractivity contribution in [3.05, 3.63) is 52.3 Å². The number of hydrogen-bond acceptors (Lipinski definition) is 4. The Hall–Kier alpha value is -2.71. The van der Waals surface area contributed by atoms with E-state index < -0.39 is 11.8 Å². The highest BCUT2D eigenvalue weighted by Crippen LogP contribution is 2.35. The first-order chi connectivity index (χ1) is 17.1. The first-order valence-corrected chi connectivity index (χ1v) is 13.2. The van der Waals surface area contributed by atoms with E-state index in [-0.39, 0.29) is 28.7 Å². The molecular formula is C30H39ClFNO3. The van der Waals surface area contributed by atoms with Crippen LogP contribution in [0.25, 0.3) is 0 Å². The normalized spacial score (nSPS) is 11.1. The van der Waals surface area contributed by atoms with E-state index in [9.17, 15) is 9.18 Å². The van der Waals surface area contributed by atoms with Gasteiger partial charge in [0, 0.05) is 24.2 Å². The summed E-state index contributed by atoms with van der Waals surface area (Å²) in [5.41, 5.74) is 7.64. The van der Waals surface area contributed by atoms with Crippen molar-refractivity contribution in [2.45, 2.75) is 85.5 Å². The smallest absolute Gasteiger partial charge is 0.341 e. The Morgan fingerprint density at radius 1 is 1.00 bits per heavy atom. The van der Waals surface area contributed by atoms with E-state index in [2.05, 4.69) is 32.6 Å². The summed E-state index contributed by atoms with van der Waals surface area (Å²) in [6.45, 7) is 8.78. The summed E-state index contributed by atoms with van der Waals surface area (Å²) in [6.07, 6.45) is 10.7. The zero-order chi connectivity index (χ0) is 26.6. The second-order valence-electron chi connectivity index (χ2n) is 10.2. The van der Waals surface area contributed by atoms with Crippen LogP contribution in [0.4, 0.5) is 10.1 Å². The summed E-state index contributed by atoms with van der Waals surface area (Å²) < 4.78 is 24.7. The summed E-state index contributed by atoms with van der Waals surface area (Å²) in [5, 5.41) is 0.236. The molecule has 0 saturated carbocycles. The molecule has 0 spiro atoms. The van der Waals surface area contributed by atoms with Crippen LogP contribution in [-0.4, -0.2) is 12.6 Å². The molecule has 0 saturated heterocycles. The third-order valence-corrected chi connectivity index (χ3v) is 6.01. The number of ether oxygens (including phenoxy) is 2. The average molecular weight is 516 g/mol. The Balaban J connectivity index is 1.91. The molecule has 0 radical (unpaired) electrons. The van der Waals surface area contributed by atoms with Gasteiger partial charge in [0.2, 0.25) is 0 Å². The maximum Gasteiger partial charge on any atom is 0.341 e. The molecule has 0 amide bonds. The fourth-order valence-electron chi connectivity index (χ4n) is 3.74. The molecule has 0 heterocycles. The van der Waals surface area contributed by atoms with Crippen LogP contribution in [-0.2, 0) is 4.74 Å². The Labute approximate surface area is 220 Å². The molecule has 2 aromatic rings. The van der Waals surface area contributed by atoms with E-state index >= 15 is 0 Å². The predicted octanol–water partition coefficient (Wildman–Crippen LogP) is 8.94. The maximum atomic E-state index is 13.8. The van der Waals surface area contributed by atoms with Crippen LogP contribution in [0.15, 0.2) is 30.3 Å². The van der Waals surface area contributed by atoms with Crippen LogP contribution in [0.1, 0.15) is 101 Å². The van der Waals surface area contributed by atoms with Gasteiger partial charge in [0.25, 0.3) is 0 Å². The quantitative estimate of drug-likeness (QED) is 0.133. The standard InChI is InChI=1S/C30H39ClFNO3/c1-5-35-29(34)24-17-16-23(32)20-27(24)36-28-19-22(26(33)21-25(28)31)15-13-11-9-7-6-8-10-12-14-18-30(2,3)4/h16-17,19-21H,5-12,14,18,33H2,1-4H3. The lowest BCUT2D eigenvalue weighted by atomic mass is 9.89. The lowest BCUT2D eigenvalue weighted by Gasteiger charge is -2.17. The largest absolute Gasteiger partial charge is 0.462 e. The number of benzene rings is 2. The van der Waals surface area contributed by atoms with Crippen molar-refractivity contribution in [1.29, 1.82) is 0 Å². The number of carbonyl (C=O) groups excluding carboxylic acids is 1. The minimum atomic E-state index is -0.607. The summed E-state index contributed by atoms with van der Waals surface area (Å²) >= 11 is 6.31. The van der Waals surface area contributed by atoms with Crippen LogP contribution in [0.3, 0.4) is 0 Å². The van der Waals surface area contributed by atoms with Crippen LogP contribution < -0.4 is 10.5 Å². The molecule has 0 atom stereocenters. The number of rotatable bonds is 12. The van der Waals surface area contributed by atoms with Crippen molar-refractivity contribution in [2.75, 3.05) is 12.3 Å². The second-order valence-corrected chi connectivity index (χ2v) is 10.6. The number of halogens is 2. The molecule has 2 N–H and O–H groups in total. The number of nitrogens with two attached hydrogens (primary N) is 1. The number of carbonyl (C=O) groups is 1. The van der Waals surface area contributed by atoms with Gasteiger partial charge in [-0.1, -0.05) is 82.7 Å². The summed E-state index contributed by atoms with van der Waals surface area (Å²) in [5.74, 6) is 5.35. The van der Waals surface area contributed by atoms with Gasteiger partial charge in [-0.3, -0.25) is 0 Å². The second kappa shape index (κ2) is 14.8. The van der Waals surface area contributed by atoms with Crippen molar-refractivity contribution in [1.82, 2.24) is 0 Å². The summed E-state index contributed by atoms with van der Waals surface area (Å²) in [4.78, 5) is 12.2. The molecule has 0 aromatic heterocycles. The number of hydrogen-bond donors (Lipinski definition) is 1. The van der Waals surface area contributed by atoms with E-state index in [1.807, 2.05) is 0 Å². The van der Waals surface area contributed by atoms with Gasteiger partial charge in [-0.05, 0) is 43.4 Å². The van der Waals surface area contributed by atoms with Crippen molar-refractivity contribution in [3.8, 4) is 23.3 Å². The number of nitrogen functional groups attached to an aromatic ring is 1. The number of unbranched alkanes of at least 4 members (excludes halogenated alkanes) is 7. The Morgan fingerprint density at radius 2 is 1.67 bits per heavy atom. The van der Waals surface area contributed by atoms with Gasteiger partial charge in [0.15, 0.2) is 0 Å². The third-order valence-electron chi connectivity index (χ3n) is 5.71. The van der Waals surface area contributed by atoms with Crippen molar-refractivity contribution in [2.24, 2.45) is 5.41 Å². The summed E-state index contributed by atoms with van der Waals surface area (Å²) in [7, 11) is 0. The topological polar surface area (TPSA) is 61.5 Å². The molecule has 2 rings (SSSR count). The van der Waals surface area contributed by atoms with Crippen LogP contribution >= 0.6 is 11.6 Å². The lowest BCUT2D eigenvalue weighted by Crippen LogP contribution is -2.07. The zero-order valence-corrected chi connectivity index (χ0v) is 22.8. The van der Waals surface area contributed by atoms with E-state index in [1.165, 1.54) is 50.7 Å². The van der Waals surface area contributed by atoms with Gasteiger partial charge in [-0.15, -0.1) is 0 Å². The van der Waals surface area contributed by atoms with Crippen LogP contribution in [0, 0.1) is 23.1 Å². The highest BCUT2D eigenvalue weighted by molar-refractivity contribution is 6.32. The molecule has 0 bridgehead atoms. The minimum absolute atomic E-state index is 0.0115. The average Bonchev–Trinajstić information content (AvgIpc) is 2.79. The minimum Gasteiger partial charge on any atom is -0.462 e. The number of anilines is 1. The fourth-order valence-corrected chi connectivity index (χ4v) is 3.95. The van der Waals surface area contributed by atoms with Gasteiger partial charge >= 0.3 is 5.97 Å². The van der Waals surface area contributed by atoms with Crippen molar-refractivity contribution >= 4 is 23.3 Å². The van der Waals surface area contributed by atoms with Gasteiger partial charge in [-0.25, -0.2) is 9.18 Å². The fraction of sp³-hybridized carbons (Fsp3) is 0.500. The third kappa shape index (κ3) is 10.5.